The molecule has 2 unspecified atom stereocenters. The van der Waals surface area contributed by atoms with Crippen LogP contribution >= 0.6 is 15.9 Å². The minimum Gasteiger partial charge on any atom is -0.387 e. The Morgan fingerprint density at radius 1 is 1.10 bits per heavy atom. The third kappa shape index (κ3) is 3.88. The normalized spacial score (nSPS) is 14.2. The quantitative estimate of drug-likeness (QED) is 0.907. The average Bonchev–Trinajstić information content (AvgIpc) is 2.48. The van der Waals surface area contributed by atoms with Crippen LogP contribution in [0.4, 0.5) is 0 Å². The van der Waals surface area contributed by atoms with E-state index in [1.54, 1.807) is 12.4 Å². The number of hydrogen-bond donors (Lipinski definition) is 1. The Morgan fingerprint density at radius 3 is 2.30 bits per heavy atom. The molecule has 1 N–H and O–H groups in total. The summed E-state index contributed by atoms with van der Waals surface area (Å²) in [6.07, 6.45) is 3.10. The van der Waals surface area contributed by atoms with E-state index in [-0.39, 0.29) is 6.04 Å². The molecule has 0 saturated heterocycles. The molecule has 0 saturated carbocycles. The fraction of sp³-hybridized carbons (Fsp3) is 0.312. The lowest BCUT2D eigenvalue weighted by Gasteiger charge is -2.27. The smallest absolute Gasteiger partial charge is 0.0917 e. The van der Waals surface area contributed by atoms with Crippen LogP contribution in [0.25, 0.3) is 0 Å². The largest absolute Gasteiger partial charge is 0.387 e. The zero-order valence-electron chi connectivity index (χ0n) is 11.7. The molecule has 0 aliphatic carbocycles. The Bertz CT molecular complexity index is 530. The maximum absolute atomic E-state index is 10.3. The van der Waals surface area contributed by atoms with Gasteiger partial charge in [-0.25, -0.2) is 0 Å². The van der Waals surface area contributed by atoms with Gasteiger partial charge in [-0.05, 0) is 49.4 Å². The summed E-state index contributed by atoms with van der Waals surface area (Å²) >= 11 is 3.40. The summed E-state index contributed by atoms with van der Waals surface area (Å²) in [5.74, 6) is 0. The molecule has 106 valence electrons. The van der Waals surface area contributed by atoms with Crippen molar-refractivity contribution in [2.75, 3.05) is 13.6 Å². The van der Waals surface area contributed by atoms with Gasteiger partial charge in [0.25, 0.3) is 0 Å². The first-order valence-corrected chi connectivity index (χ1v) is 7.41. The van der Waals surface area contributed by atoms with Crippen molar-refractivity contribution >= 4 is 15.9 Å². The van der Waals surface area contributed by atoms with Gasteiger partial charge in [-0.1, -0.05) is 28.1 Å². The first-order chi connectivity index (χ1) is 9.58. The topological polar surface area (TPSA) is 36.4 Å². The zero-order valence-corrected chi connectivity index (χ0v) is 13.3. The van der Waals surface area contributed by atoms with E-state index in [9.17, 15) is 5.11 Å². The van der Waals surface area contributed by atoms with Crippen molar-refractivity contribution < 1.29 is 5.11 Å². The Hall–Kier alpha value is -1.23. The number of pyridine rings is 1. The number of halogens is 1. The number of nitrogens with zero attached hydrogens (tertiary/aromatic N) is 2. The van der Waals surface area contributed by atoms with Gasteiger partial charge in [0.2, 0.25) is 0 Å². The highest BCUT2D eigenvalue weighted by atomic mass is 79.9. The molecule has 0 radical (unpaired) electrons. The fourth-order valence-electron chi connectivity index (χ4n) is 2.12. The summed E-state index contributed by atoms with van der Waals surface area (Å²) in [6, 6.07) is 12.0. The highest BCUT2D eigenvalue weighted by molar-refractivity contribution is 9.10. The van der Waals surface area contributed by atoms with Crippen LogP contribution in [0.5, 0.6) is 0 Å². The summed E-state index contributed by atoms with van der Waals surface area (Å²) in [5.41, 5.74) is 2.13. The molecule has 0 aliphatic rings. The van der Waals surface area contributed by atoms with Gasteiger partial charge in [-0.3, -0.25) is 9.88 Å². The molecule has 1 aromatic heterocycles. The number of hydrogen-bond acceptors (Lipinski definition) is 3. The first kappa shape index (κ1) is 15.2. The average molecular weight is 335 g/mol. The van der Waals surface area contributed by atoms with Gasteiger partial charge in [0.15, 0.2) is 0 Å². The lowest BCUT2D eigenvalue weighted by molar-refractivity contribution is 0.108. The van der Waals surface area contributed by atoms with Crippen molar-refractivity contribution in [3.05, 3.63) is 64.4 Å². The molecule has 3 nitrogen and oxygen atoms in total. The lowest BCUT2D eigenvalue weighted by Crippen LogP contribution is -2.27. The van der Waals surface area contributed by atoms with Gasteiger partial charge in [0.05, 0.1) is 6.10 Å². The van der Waals surface area contributed by atoms with Gasteiger partial charge in [0.1, 0.15) is 0 Å². The predicted octanol–water partition coefficient (Wildman–Crippen LogP) is 3.57. The van der Waals surface area contributed by atoms with Crippen LogP contribution in [0.2, 0.25) is 0 Å². The van der Waals surface area contributed by atoms with Crippen LogP contribution in [-0.2, 0) is 0 Å². The van der Waals surface area contributed by atoms with Crippen molar-refractivity contribution in [2.24, 2.45) is 0 Å². The standard InChI is InChI=1S/C16H19BrN2O/c1-12(13-7-9-18-10-8-13)19(2)11-16(20)14-3-5-15(17)6-4-14/h3-10,12,16,20H,11H2,1-2H3. The van der Waals surface area contributed by atoms with Crippen LogP contribution in [0.15, 0.2) is 53.3 Å². The monoisotopic (exact) mass is 334 g/mol. The zero-order chi connectivity index (χ0) is 14.5. The van der Waals surface area contributed by atoms with E-state index >= 15 is 0 Å². The second-order valence-electron chi connectivity index (χ2n) is 4.96. The van der Waals surface area contributed by atoms with Gasteiger partial charge in [0, 0.05) is 29.5 Å². The Balaban J connectivity index is 2.00. The van der Waals surface area contributed by atoms with Crippen LogP contribution in [0.3, 0.4) is 0 Å². The molecule has 0 fully saturated rings. The Labute approximate surface area is 128 Å². The summed E-state index contributed by atoms with van der Waals surface area (Å²) in [5, 5.41) is 10.3. The van der Waals surface area contributed by atoms with E-state index in [2.05, 4.69) is 32.7 Å². The number of aromatic nitrogens is 1. The molecule has 2 rings (SSSR count). The summed E-state index contributed by atoms with van der Waals surface area (Å²) in [4.78, 5) is 6.17. The number of rotatable bonds is 5. The number of aliphatic hydroxyl groups excluding tert-OH is 1. The minimum atomic E-state index is -0.489. The van der Waals surface area contributed by atoms with Crippen molar-refractivity contribution in [1.82, 2.24) is 9.88 Å². The summed E-state index contributed by atoms with van der Waals surface area (Å²) in [7, 11) is 2.02. The highest BCUT2D eigenvalue weighted by Gasteiger charge is 2.16. The van der Waals surface area contributed by atoms with Gasteiger partial charge < -0.3 is 5.11 Å². The molecule has 0 aliphatic heterocycles. The number of benzene rings is 1. The van der Waals surface area contributed by atoms with E-state index in [4.69, 9.17) is 0 Å². The summed E-state index contributed by atoms with van der Waals surface area (Å²) < 4.78 is 1.02. The molecule has 1 aromatic carbocycles. The third-order valence-corrected chi connectivity index (χ3v) is 4.09. The molecule has 2 atom stereocenters. The SMILES string of the molecule is CC(c1ccncc1)N(C)CC(O)c1ccc(Br)cc1. The number of likely N-dealkylation sites (N-methyl/N-ethyl adjacent to an activating group) is 1. The molecule has 0 amide bonds. The van der Waals surface area contributed by atoms with Crippen LogP contribution < -0.4 is 0 Å². The van der Waals surface area contributed by atoms with Crippen LogP contribution in [-0.4, -0.2) is 28.6 Å². The van der Waals surface area contributed by atoms with E-state index in [1.165, 1.54) is 5.56 Å². The van der Waals surface area contributed by atoms with E-state index in [0.29, 0.717) is 6.54 Å². The molecule has 0 bridgehead atoms. The van der Waals surface area contributed by atoms with Gasteiger partial charge in [-0.15, -0.1) is 0 Å². The second kappa shape index (κ2) is 6.97. The minimum absolute atomic E-state index is 0.239. The Kier molecular flexibility index (Phi) is 5.29. The maximum atomic E-state index is 10.3. The molecular formula is C16H19BrN2O. The molecule has 2 aromatic rings. The molecule has 1 heterocycles. The predicted molar refractivity (Wildman–Crippen MR) is 84.4 cm³/mol. The maximum Gasteiger partial charge on any atom is 0.0917 e. The van der Waals surface area contributed by atoms with Crippen LogP contribution in [0, 0.1) is 0 Å². The molecular weight excluding hydrogens is 316 g/mol. The second-order valence-corrected chi connectivity index (χ2v) is 5.88. The number of aliphatic hydroxyl groups is 1. The lowest BCUT2D eigenvalue weighted by atomic mass is 10.1. The van der Waals surface area contributed by atoms with E-state index in [0.717, 1.165) is 10.0 Å². The highest BCUT2D eigenvalue weighted by Crippen LogP contribution is 2.22. The Morgan fingerprint density at radius 2 is 1.70 bits per heavy atom. The molecule has 4 heteroatoms. The van der Waals surface area contributed by atoms with Crippen molar-refractivity contribution in [3.8, 4) is 0 Å². The van der Waals surface area contributed by atoms with Crippen molar-refractivity contribution in [1.29, 1.82) is 0 Å². The van der Waals surface area contributed by atoms with Crippen LogP contribution in [0.1, 0.15) is 30.2 Å². The molecule has 0 spiro atoms. The van der Waals surface area contributed by atoms with Crippen molar-refractivity contribution in [3.63, 3.8) is 0 Å². The van der Waals surface area contributed by atoms with E-state index < -0.39 is 6.10 Å². The molecule has 20 heavy (non-hydrogen) atoms. The summed E-state index contributed by atoms with van der Waals surface area (Å²) in [6.45, 7) is 2.72. The third-order valence-electron chi connectivity index (χ3n) is 3.57. The fourth-order valence-corrected chi connectivity index (χ4v) is 2.38. The van der Waals surface area contributed by atoms with Gasteiger partial charge >= 0.3 is 0 Å². The van der Waals surface area contributed by atoms with Crippen molar-refractivity contribution in [2.45, 2.75) is 19.1 Å². The first-order valence-electron chi connectivity index (χ1n) is 6.61. The van der Waals surface area contributed by atoms with Gasteiger partial charge in [-0.2, -0.15) is 0 Å². The van der Waals surface area contributed by atoms with E-state index in [1.807, 2.05) is 43.4 Å².